The predicted octanol–water partition coefficient (Wildman–Crippen LogP) is 3.61. The highest BCUT2D eigenvalue weighted by atomic mass is 15.1. The van der Waals surface area contributed by atoms with Gasteiger partial charge in [-0.1, -0.05) is 43.7 Å². The Balaban J connectivity index is 3.09. The number of aryl methyl sites for hydroxylation is 1. The fourth-order valence-electron chi connectivity index (χ4n) is 2.55. The lowest BCUT2D eigenvalue weighted by molar-refractivity contribution is 0.265. The number of hydrogen-bond acceptors (Lipinski definition) is 1. The molecule has 1 nitrogen and oxygen atoms in total. The van der Waals surface area contributed by atoms with Crippen molar-refractivity contribution in [1.29, 1.82) is 0 Å². The molecule has 90 valence electrons. The molecule has 0 aliphatic carbocycles. The zero-order valence-corrected chi connectivity index (χ0v) is 11.4. The SMILES string of the molecule is CCC(CC)(CN(C)C)c1cccc(C)c1. The van der Waals surface area contributed by atoms with Crippen molar-refractivity contribution in [3.05, 3.63) is 35.4 Å². The normalized spacial score (nSPS) is 12.1. The number of rotatable bonds is 5. The van der Waals surface area contributed by atoms with Gasteiger partial charge in [0.1, 0.15) is 0 Å². The summed E-state index contributed by atoms with van der Waals surface area (Å²) in [6, 6.07) is 8.98. The van der Waals surface area contributed by atoms with E-state index in [1.165, 1.54) is 24.0 Å². The van der Waals surface area contributed by atoms with Gasteiger partial charge in [-0.15, -0.1) is 0 Å². The minimum Gasteiger partial charge on any atom is -0.309 e. The van der Waals surface area contributed by atoms with Crippen molar-refractivity contribution in [1.82, 2.24) is 4.90 Å². The highest BCUT2D eigenvalue weighted by Crippen LogP contribution is 2.32. The largest absolute Gasteiger partial charge is 0.309 e. The second kappa shape index (κ2) is 5.49. The first kappa shape index (κ1) is 13.2. The maximum absolute atomic E-state index is 2.34. The average Bonchev–Trinajstić information content (AvgIpc) is 2.25. The van der Waals surface area contributed by atoms with E-state index in [9.17, 15) is 0 Å². The Kier molecular flexibility index (Phi) is 4.55. The molecule has 0 aliphatic rings. The third kappa shape index (κ3) is 2.85. The van der Waals surface area contributed by atoms with Crippen molar-refractivity contribution in [3.8, 4) is 0 Å². The summed E-state index contributed by atoms with van der Waals surface area (Å²) in [6.45, 7) is 7.91. The van der Waals surface area contributed by atoms with Crippen LogP contribution in [-0.2, 0) is 5.41 Å². The summed E-state index contributed by atoms with van der Waals surface area (Å²) >= 11 is 0. The van der Waals surface area contributed by atoms with E-state index in [0.29, 0.717) is 5.41 Å². The van der Waals surface area contributed by atoms with Crippen molar-refractivity contribution < 1.29 is 0 Å². The van der Waals surface area contributed by atoms with Gasteiger partial charge < -0.3 is 4.90 Å². The van der Waals surface area contributed by atoms with Gasteiger partial charge in [0, 0.05) is 12.0 Å². The molecule has 1 heteroatoms. The van der Waals surface area contributed by atoms with Crippen LogP contribution in [0.1, 0.15) is 37.8 Å². The Morgan fingerprint density at radius 1 is 1.12 bits per heavy atom. The Labute approximate surface area is 100 Å². The molecule has 0 unspecified atom stereocenters. The van der Waals surface area contributed by atoms with Crippen molar-refractivity contribution in [2.24, 2.45) is 0 Å². The van der Waals surface area contributed by atoms with Gasteiger partial charge in [-0.3, -0.25) is 0 Å². The average molecular weight is 219 g/mol. The van der Waals surface area contributed by atoms with E-state index in [0.717, 1.165) is 6.54 Å². The van der Waals surface area contributed by atoms with Crippen molar-refractivity contribution in [2.45, 2.75) is 39.0 Å². The first-order valence-corrected chi connectivity index (χ1v) is 6.26. The van der Waals surface area contributed by atoms with Gasteiger partial charge in [-0.05, 0) is 39.4 Å². The van der Waals surface area contributed by atoms with Gasteiger partial charge in [-0.25, -0.2) is 0 Å². The zero-order chi connectivity index (χ0) is 12.2. The topological polar surface area (TPSA) is 3.24 Å². The molecular weight excluding hydrogens is 194 g/mol. The van der Waals surface area contributed by atoms with Crippen molar-refractivity contribution in [3.63, 3.8) is 0 Å². The van der Waals surface area contributed by atoms with Crippen LogP contribution in [0.2, 0.25) is 0 Å². The third-order valence-electron chi connectivity index (χ3n) is 3.60. The summed E-state index contributed by atoms with van der Waals surface area (Å²) < 4.78 is 0. The van der Waals surface area contributed by atoms with Crippen LogP contribution >= 0.6 is 0 Å². The van der Waals surface area contributed by atoms with E-state index in [2.05, 4.69) is 64.0 Å². The van der Waals surface area contributed by atoms with E-state index in [1.54, 1.807) is 0 Å². The van der Waals surface area contributed by atoms with E-state index < -0.39 is 0 Å². The lowest BCUT2D eigenvalue weighted by Gasteiger charge is -2.35. The number of benzene rings is 1. The summed E-state index contributed by atoms with van der Waals surface area (Å²) in [4.78, 5) is 2.30. The monoisotopic (exact) mass is 219 g/mol. The van der Waals surface area contributed by atoms with E-state index in [4.69, 9.17) is 0 Å². The van der Waals surface area contributed by atoms with Crippen molar-refractivity contribution >= 4 is 0 Å². The van der Waals surface area contributed by atoms with E-state index in [1.807, 2.05) is 0 Å². The molecule has 0 atom stereocenters. The maximum atomic E-state index is 2.34. The third-order valence-corrected chi connectivity index (χ3v) is 3.60. The molecule has 16 heavy (non-hydrogen) atoms. The van der Waals surface area contributed by atoms with Crippen LogP contribution in [0.15, 0.2) is 24.3 Å². The van der Waals surface area contributed by atoms with Crippen LogP contribution in [0.5, 0.6) is 0 Å². The first-order valence-electron chi connectivity index (χ1n) is 6.26. The fourth-order valence-corrected chi connectivity index (χ4v) is 2.55. The standard InChI is InChI=1S/C15H25N/c1-6-15(7-2,12-16(4)5)14-10-8-9-13(3)11-14/h8-11H,6-7,12H2,1-5H3. The molecule has 0 N–H and O–H groups in total. The second-order valence-corrected chi connectivity index (χ2v) is 5.09. The molecule has 0 radical (unpaired) electrons. The molecule has 0 saturated carbocycles. The zero-order valence-electron chi connectivity index (χ0n) is 11.4. The Morgan fingerprint density at radius 3 is 2.19 bits per heavy atom. The molecule has 1 aromatic rings. The van der Waals surface area contributed by atoms with Gasteiger partial charge in [0.15, 0.2) is 0 Å². The van der Waals surface area contributed by atoms with E-state index in [-0.39, 0.29) is 0 Å². The molecular formula is C15H25N. The summed E-state index contributed by atoms with van der Waals surface area (Å²) in [6.07, 6.45) is 2.40. The molecule has 0 spiro atoms. The predicted molar refractivity (Wildman–Crippen MR) is 72.0 cm³/mol. The van der Waals surface area contributed by atoms with Crippen LogP contribution in [0.25, 0.3) is 0 Å². The lowest BCUT2D eigenvalue weighted by atomic mass is 9.75. The molecule has 0 aliphatic heterocycles. The van der Waals surface area contributed by atoms with Gasteiger partial charge in [-0.2, -0.15) is 0 Å². The molecule has 0 bridgehead atoms. The van der Waals surface area contributed by atoms with Crippen molar-refractivity contribution in [2.75, 3.05) is 20.6 Å². The van der Waals surface area contributed by atoms with Gasteiger partial charge in [0.2, 0.25) is 0 Å². The molecule has 0 heterocycles. The molecule has 0 amide bonds. The second-order valence-electron chi connectivity index (χ2n) is 5.09. The number of likely N-dealkylation sites (N-methyl/N-ethyl adjacent to an activating group) is 1. The maximum Gasteiger partial charge on any atom is 0.00749 e. The van der Waals surface area contributed by atoms with Gasteiger partial charge >= 0.3 is 0 Å². The fraction of sp³-hybridized carbons (Fsp3) is 0.600. The highest BCUT2D eigenvalue weighted by Gasteiger charge is 2.28. The Morgan fingerprint density at radius 2 is 1.75 bits per heavy atom. The van der Waals surface area contributed by atoms with Crippen LogP contribution in [-0.4, -0.2) is 25.5 Å². The molecule has 1 aromatic carbocycles. The summed E-state index contributed by atoms with van der Waals surface area (Å²) in [7, 11) is 4.33. The molecule has 0 saturated heterocycles. The molecule has 0 aromatic heterocycles. The van der Waals surface area contributed by atoms with Crippen LogP contribution < -0.4 is 0 Å². The quantitative estimate of drug-likeness (QED) is 0.731. The van der Waals surface area contributed by atoms with E-state index >= 15 is 0 Å². The summed E-state index contributed by atoms with van der Waals surface area (Å²) in [5.41, 5.74) is 3.17. The first-order chi connectivity index (χ1) is 7.54. The van der Waals surface area contributed by atoms with Gasteiger partial charge in [0.25, 0.3) is 0 Å². The smallest absolute Gasteiger partial charge is 0.00749 e. The van der Waals surface area contributed by atoms with Crippen LogP contribution in [0.3, 0.4) is 0 Å². The Bertz CT molecular complexity index is 324. The lowest BCUT2D eigenvalue weighted by Crippen LogP contribution is -2.36. The minimum absolute atomic E-state index is 0.315. The van der Waals surface area contributed by atoms with Crippen LogP contribution in [0, 0.1) is 6.92 Å². The Hall–Kier alpha value is -0.820. The number of hydrogen-bond donors (Lipinski definition) is 0. The van der Waals surface area contributed by atoms with Crippen LogP contribution in [0.4, 0.5) is 0 Å². The number of nitrogens with zero attached hydrogens (tertiary/aromatic N) is 1. The molecule has 1 rings (SSSR count). The van der Waals surface area contributed by atoms with Gasteiger partial charge in [0.05, 0.1) is 0 Å². The summed E-state index contributed by atoms with van der Waals surface area (Å²) in [5.74, 6) is 0. The molecule has 0 fully saturated rings. The highest BCUT2D eigenvalue weighted by molar-refractivity contribution is 5.30. The summed E-state index contributed by atoms with van der Waals surface area (Å²) in [5, 5.41) is 0. The minimum atomic E-state index is 0.315.